The summed E-state index contributed by atoms with van der Waals surface area (Å²) in [5.41, 5.74) is 2.57. The highest BCUT2D eigenvalue weighted by atomic mass is 35.5. The molecule has 34 heavy (non-hydrogen) atoms. The number of benzene rings is 2. The summed E-state index contributed by atoms with van der Waals surface area (Å²) < 4.78 is 12.9. The average Bonchev–Trinajstić information content (AvgIpc) is 3.42. The van der Waals surface area contributed by atoms with Crippen LogP contribution in [0.3, 0.4) is 0 Å². The van der Waals surface area contributed by atoms with Crippen LogP contribution in [-0.4, -0.2) is 25.5 Å². The molecule has 1 aliphatic heterocycles. The molecule has 5 rings (SSSR count). The summed E-state index contributed by atoms with van der Waals surface area (Å²) in [6, 6.07) is 17.9. The Morgan fingerprint density at radius 3 is 2.65 bits per heavy atom. The molecule has 0 amide bonds. The van der Waals surface area contributed by atoms with Crippen LogP contribution in [-0.2, 0) is 6.61 Å². The summed E-state index contributed by atoms with van der Waals surface area (Å²) in [6.45, 7) is 2.09. The second-order valence-electron chi connectivity index (χ2n) is 7.29. The van der Waals surface area contributed by atoms with Crippen LogP contribution < -0.4 is 4.74 Å². The first-order valence-electron chi connectivity index (χ1n) is 10.1. The molecule has 0 radical (unpaired) electrons. The fourth-order valence-electron chi connectivity index (χ4n) is 3.19. The molecule has 0 fully saturated rings. The lowest BCUT2D eigenvalue weighted by molar-refractivity contribution is -0.402. The van der Waals surface area contributed by atoms with Crippen LogP contribution in [0.2, 0.25) is 5.02 Å². The van der Waals surface area contributed by atoms with Crippen molar-refractivity contribution in [2.45, 2.75) is 18.7 Å². The number of para-hydroxylation sites is 1. The SMILES string of the molecule is Cc1ccc(C2=Nn3c(COc4ccccc4Cl)nnc3SC(c3ccc([N+](=O)[O-])o3)=C2)cc1. The minimum absolute atomic E-state index is 0.0868. The Labute approximate surface area is 202 Å². The number of hydrogen-bond acceptors (Lipinski definition) is 8. The number of ether oxygens (including phenoxy) is 1. The lowest BCUT2D eigenvalue weighted by atomic mass is 10.1. The maximum absolute atomic E-state index is 11.1. The maximum Gasteiger partial charge on any atom is 0.433 e. The summed E-state index contributed by atoms with van der Waals surface area (Å²) in [7, 11) is 0. The van der Waals surface area contributed by atoms with E-state index >= 15 is 0 Å². The van der Waals surface area contributed by atoms with Crippen LogP contribution >= 0.6 is 23.4 Å². The van der Waals surface area contributed by atoms with E-state index in [4.69, 9.17) is 25.9 Å². The van der Waals surface area contributed by atoms with E-state index < -0.39 is 4.92 Å². The van der Waals surface area contributed by atoms with E-state index in [9.17, 15) is 10.1 Å². The van der Waals surface area contributed by atoms with Crippen molar-refractivity contribution >= 4 is 39.9 Å². The lowest BCUT2D eigenvalue weighted by Crippen LogP contribution is -2.07. The third kappa shape index (κ3) is 4.45. The zero-order valence-corrected chi connectivity index (χ0v) is 19.3. The minimum atomic E-state index is -0.576. The van der Waals surface area contributed by atoms with E-state index in [2.05, 4.69) is 10.2 Å². The van der Waals surface area contributed by atoms with Crippen molar-refractivity contribution in [3.63, 3.8) is 0 Å². The van der Waals surface area contributed by atoms with Crippen molar-refractivity contribution in [3.05, 3.63) is 105 Å². The zero-order chi connectivity index (χ0) is 23.7. The fraction of sp³-hybridized carbons (Fsp3) is 0.0870. The van der Waals surface area contributed by atoms with Crippen molar-refractivity contribution in [2.75, 3.05) is 0 Å². The molecule has 0 N–H and O–H groups in total. The highest BCUT2D eigenvalue weighted by molar-refractivity contribution is 8.08. The number of hydrogen-bond donors (Lipinski definition) is 0. The highest BCUT2D eigenvalue weighted by Crippen LogP contribution is 2.38. The van der Waals surface area contributed by atoms with Crippen molar-refractivity contribution in [1.29, 1.82) is 0 Å². The zero-order valence-electron chi connectivity index (χ0n) is 17.7. The number of rotatable bonds is 6. The number of aromatic nitrogens is 3. The predicted molar refractivity (Wildman–Crippen MR) is 128 cm³/mol. The molecule has 2 aromatic heterocycles. The second-order valence-corrected chi connectivity index (χ2v) is 8.70. The summed E-state index contributed by atoms with van der Waals surface area (Å²) >= 11 is 7.44. The highest BCUT2D eigenvalue weighted by Gasteiger charge is 2.24. The minimum Gasteiger partial charge on any atom is -0.484 e. The van der Waals surface area contributed by atoms with Crippen LogP contribution in [0.5, 0.6) is 5.75 Å². The van der Waals surface area contributed by atoms with Gasteiger partial charge in [0.1, 0.15) is 23.0 Å². The molecular formula is C23H16ClN5O4S. The molecule has 1 aliphatic rings. The summed E-state index contributed by atoms with van der Waals surface area (Å²) in [4.78, 5) is 11.1. The van der Waals surface area contributed by atoms with Gasteiger partial charge in [-0.1, -0.05) is 53.6 Å². The van der Waals surface area contributed by atoms with Crippen molar-refractivity contribution in [2.24, 2.45) is 5.10 Å². The number of furan rings is 1. The van der Waals surface area contributed by atoms with E-state index in [0.29, 0.717) is 38.1 Å². The number of allylic oxidation sites excluding steroid dienone is 1. The molecule has 0 bridgehead atoms. The normalized spacial score (nSPS) is 13.0. The van der Waals surface area contributed by atoms with Crippen LogP contribution in [0, 0.1) is 17.0 Å². The second kappa shape index (κ2) is 9.16. The molecule has 0 saturated carbocycles. The number of aryl methyl sites for hydroxylation is 1. The maximum atomic E-state index is 11.1. The number of nitro groups is 1. The van der Waals surface area contributed by atoms with Gasteiger partial charge in [0.2, 0.25) is 5.16 Å². The standard InChI is InChI=1S/C23H16ClN5O4S/c1-14-6-8-15(9-7-14)17-12-20(19-10-11-22(33-19)29(30)31)34-23-26-25-21(28(23)27-17)13-32-18-5-3-2-4-16(18)24/h2-12H,13H2,1H3. The monoisotopic (exact) mass is 493 g/mol. The van der Waals surface area contributed by atoms with E-state index in [1.807, 2.05) is 49.4 Å². The van der Waals surface area contributed by atoms with Gasteiger partial charge in [-0.3, -0.25) is 10.1 Å². The summed E-state index contributed by atoms with van der Waals surface area (Å²) in [6.07, 6.45) is 1.81. The smallest absolute Gasteiger partial charge is 0.433 e. The average molecular weight is 494 g/mol. The molecule has 4 aromatic rings. The Kier molecular flexibility index (Phi) is 5.91. The summed E-state index contributed by atoms with van der Waals surface area (Å²) in [5, 5.41) is 25.3. The first-order valence-corrected chi connectivity index (χ1v) is 11.3. The van der Waals surface area contributed by atoms with Gasteiger partial charge in [0.05, 0.1) is 21.7 Å². The Hall–Kier alpha value is -3.89. The molecule has 11 heteroatoms. The number of fused-ring (bicyclic) bond motifs is 1. The number of thioether (sulfide) groups is 1. The fourth-order valence-corrected chi connectivity index (χ4v) is 4.27. The molecule has 2 aromatic carbocycles. The molecule has 0 saturated heterocycles. The van der Waals surface area contributed by atoms with Crippen molar-refractivity contribution in [1.82, 2.24) is 14.9 Å². The van der Waals surface area contributed by atoms with Crippen LogP contribution in [0.4, 0.5) is 5.88 Å². The van der Waals surface area contributed by atoms with Crippen LogP contribution in [0.25, 0.3) is 4.91 Å². The van der Waals surface area contributed by atoms with Crippen LogP contribution in [0.15, 0.2) is 81.4 Å². The van der Waals surface area contributed by atoms with E-state index in [1.54, 1.807) is 22.9 Å². The third-order valence-electron chi connectivity index (χ3n) is 4.91. The molecule has 0 aliphatic carbocycles. The van der Waals surface area contributed by atoms with Gasteiger partial charge in [0.15, 0.2) is 5.82 Å². The van der Waals surface area contributed by atoms with Crippen molar-refractivity contribution in [3.8, 4) is 5.75 Å². The molecule has 170 valence electrons. The van der Waals surface area contributed by atoms with Gasteiger partial charge < -0.3 is 9.15 Å². The van der Waals surface area contributed by atoms with Gasteiger partial charge in [-0.25, -0.2) is 0 Å². The lowest BCUT2D eigenvalue weighted by Gasteiger charge is -2.08. The van der Waals surface area contributed by atoms with E-state index in [0.717, 1.165) is 11.1 Å². The quantitative estimate of drug-likeness (QED) is 0.249. The first kappa shape index (κ1) is 21.9. The topological polar surface area (TPSA) is 109 Å². The molecule has 9 nitrogen and oxygen atoms in total. The largest absolute Gasteiger partial charge is 0.484 e. The third-order valence-corrected chi connectivity index (χ3v) is 6.20. The Bertz CT molecular complexity index is 1440. The Balaban J connectivity index is 1.54. The first-order chi connectivity index (χ1) is 16.5. The molecule has 0 spiro atoms. The van der Waals surface area contributed by atoms with Crippen molar-refractivity contribution < 1.29 is 14.1 Å². The summed E-state index contributed by atoms with van der Waals surface area (Å²) in [5.74, 6) is 0.978. The van der Waals surface area contributed by atoms with Gasteiger partial charge in [-0.2, -0.15) is 9.78 Å². The molecular weight excluding hydrogens is 478 g/mol. The van der Waals surface area contributed by atoms with E-state index in [1.165, 1.54) is 17.8 Å². The Morgan fingerprint density at radius 2 is 1.91 bits per heavy atom. The van der Waals surface area contributed by atoms with Gasteiger partial charge in [-0.15, -0.1) is 10.2 Å². The molecule has 0 atom stereocenters. The number of nitrogens with zero attached hydrogens (tertiary/aromatic N) is 5. The number of halogens is 1. The van der Waals surface area contributed by atoms with E-state index in [-0.39, 0.29) is 12.5 Å². The predicted octanol–water partition coefficient (Wildman–Crippen LogP) is 5.72. The van der Waals surface area contributed by atoms with Crippen LogP contribution in [0.1, 0.15) is 22.7 Å². The Morgan fingerprint density at radius 1 is 1.12 bits per heavy atom. The molecule has 3 heterocycles. The van der Waals surface area contributed by atoms with Gasteiger partial charge in [0.25, 0.3) is 0 Å². The van der Waals surface area contributed by atoms with Gasteiger partial charge in [-0.05, 0) is 43.0 Å². The van der Waals surface area contributed by atoms with Gasteiger partial charge >= 0.3 is 5.88 Å². The van der Waals surface area contributed by atoms with Gasteiger partial charge in [0, 0.05) is 5.56 Å². The molecule has 0 unspecified atom stereocenters.